The first kappa shape index (κ1) is 23.8. The second-order valence-electron chi connectivity index (χ2n) is 9.22. The van der Waals surface area contributed by atoms with Gasteiger partial charge in [-0.3, -0.25) is 9.59 Å². The lowest BCUT2D eigenvalue weighted by Crippen LogP contribution is -2.36. The zero-order chi connectivity index (χ0) is 24.1. The summed E-state index contributed by atoms with van der Waals surface area (Å²) >= 11 is 0. The van der Waals surface area contributed by atoms with E-state index in [2.05, 4.69) is 28.8 Å². The topological polar surface area (TPSA) is 118 Å². The fourth-order valence-electron chi connectivity index (χ4n) is 5.37. The standard InChI is InChI=1S/C27H31N3O4/c28-15-6-13-27(34-16-5-11-24(31)32)14-12-22-21(17-27)25-20(26(29)33)9-4-10-23(25)30(22)18-19-7-2-1-3-8-19/h1-3,7-8,12,14,20H,4-6,9-11,13,16-18H2,(H2,29,33)(H,31,32). The molecule has 0 fully saturated rings. The van der Waals surface area contributed by atoms with E-state index in [0.29, 0.717) is 38.8 Å². The van der Waals surface area contributed by atoms with Gasteiger partial charge in [0.25, 0.3) is 0 Å². The number of nitriles is 1. The van der Waals surface area contributed by atoms with Gasteiger partial charge < -0.3 is 20.1 Å². The highest BCUT2D eigenvalue weighted by Crippen LogP contribution is 2.43. The molecular formula is C27H31N3O4. The van der Waals surface area contributed by atoms with Crippen molar-refractivity contribution in [3.05, 3.63) is 64.5 Å². The molecule has 1 amide bonds. The van der Waals surface area contributed by atoms with Crippen LogP contribution in [0, 0.1) is 11.3 Å². The molecule has 34 heavy (non-hydrogen) atoms. The Morgan fingerprint density at radius 3 is 2.79 bits per heavy atom. The van der Waals surface area contributed by atoms with Crippen molar-refractivity contribution in [2.75, 3.05) is 6.61 Å². The van der Waals surface area contributed by atoms with E-state index in [9.17, 15) is 14.9 Å². The summed E-state index contributed by atoms with van der Waals surface area (Å²) in [4.78, 5) is 23.4. The van der Waals surface area contributed by atoms with Crippen LogP contribution in [0.5, 0.6) is 0 Å². The molecule has 0 saturated carbocycles. The highest BCUT2D eigenvalue weighted by Gasteiger charge is 2.39. The first-order valence-electron chi connectivity index (χ1n) is 11.9. The summed E-state index contributed by atoms with van der Waals surface area (Å²) in [5, 5.41) is 18.2. The summed E-state index contributed by atoms with van der Waals surface area (Å²) in [7, 11) is 0. The molecule has 2 unspecified atom stereocenters. The fourth-order valence-corrected chi connectivity index (χ4v) is 5.37. The van der Waals surface area contributed by atoms with E-state index in [0.717, 1.165) is 41.8 Å². The van der Waals surface area contributed by atoms with Gasteiger partial charge >= 0.3 is 5.97 Å². The number of ether oxygens (including phenoxy) is 1. The van der Waals surface area contributed by atoms with E-state index >= 15 is 0 Å². The van der Waals surface area contributed by atoms with Crippen LogP contribution in [-0.4, -0.2) is 33.8 Å². The lowest BCUT2D eigenvalue weighted by Gasteiger charge is -2.34. The minimum absolute atomic E-state index is 0.0376. The second-order valence-corrected chi connectivity index (χ2v) is 9.22. The maximum atomic E-state index is 12.4. The summed E-state index contributed by atoms with van der Waals surface area (Å²) < 4.78 is 8.58. The van der Waals surface area contributed by atoms with E-state index in [4.69, 9.17) is 15.6 Å². The molecule has 1 aromatic heterocycles. The van der Waals surface area contributed by atoms with Crippen molar-refractivity contribution in [3.8, 4) is 6.07 Å². The normalized spacial score (nSPS) is 20.9. The number of amides is 1. The number of carboxylic acids is 1. The van der Waals surface area contributed by atoms with Crippen LogP contribution in [0.3, 0.4) is 0 Å². The second kappa shape index (κ2) is 10.3. The molecule has 7 heteroatoms. The number of rotatable bonds is 10. The highest BCUT2D eigenvalue weighted by molar-refractivity contribution is 5.84. The third-order valence-electron chi connectivity index (χ3n) is 6.95. The van der Waals surface area contributed by atoms with Crippen LogP contribution in [0.2, 0.25) is 0 Å². The molecule has 2 aromatic rings. The molecule has 3 N–H and O–H groups in total. The van der Waals surface area contributed by atoms with Gasteiger partial charge in [0.1, 0.15) is 0 Å². The van der Waals surface area contributed by atoms with E-state index in [1.165, 1.54) is 5.56 Å². The third kappa shape index (κ3) is 4.92. The Bertz CT molecular complexity index is 1130. The molecule has 2 aliphatic rings. The number of fused-ring (bicyclic) bond motifs is 3. The number of carbonyl (C=O) groups excluding carboxylic acids is 1. The molecule has 7 nitrogen and oxygen atoms in total. The molecule has 178 valence electrons. The van der Waals surface area contributed by atoms with Gasteiger partial charge in [-0.25, -0.2) is 0 Å². The lowest BCUT2D eigenvalue weighted by molar-refractivity contribution is -0.137. The first-order valence-corrected chi connectivity index (χ1v) is 11.9. The number of carbonyl (C=O) groups is 2. The number of aliphatic carboxylic acids is 1. The number of carboxylic acid groups (broad SMARTS) is 1. The van der Waals surface area contributed by atoms with Crippen LogP contribution in [0.25, 0.3) is 6.08 Å². The molecule has 0 aliphatic heterocycles. The number of hydrogen-bond donors (Lipinski definition) is 2. The molecule has 0 saturated heterocycles. The zero-order valence-corrected chi connectivity index (χ0v) is 19.3. The van der Waals surface area contributed by atoms with Gasteiger partial charge in [0.05, 0.1) is 17.6 Å². The minimum atomic E-state index is -0.854. The van der Waals surface area contributed by atoms with Crippen LogP contribution in [0.15, 0.2) is 36.4 Å². The van der Waals surface area contributed by atoms with Crippen molar-refractivity contribution in [2.45, 2.75) is 69.4 Å². The number of hydrogen-bond acceptors (Lipinski definition) is 4. The Balaban J connectivity index is 1.74. The molecule has 0 bridgehead atoms. The fraction of sp³-hybridized carbons (Fsp3) is 0.444. The van der Waals surface area contributed by atoms with Crippen molar-refractivity contribution in [1.82, 2.24) is 4.57 Å². The number of aromatic nitrogens is 1. The van der Waals surface area contributed by atoms with Gasteiger partial charge in [-0.1, -0.05) is 36.4 Å². The van der Waals surface area contributed by atoms with Gasteiger partial charge in [0, 0.05) is 43.8 Å². The van der Waals surface area contributed by atoms with Crippen LogP contribution < -0.4 is 5.73 Å². The molecule has 1 heterocycles. The largest absolute Gasteiger partial charge is 0.481 e. The molecule has 1 aromatic carbocycles. The Morgan fingerprint density at radius 2 is 2.09 bits per heavy atom. The molecule has 2 atom stereocenters. The number of benzene rings is 1. The summed E-state index contributed by atoms with van der Waals surface area (Å²) in [6.45, 7) is 1.00. The first-order chi connectivity index (χ1) is 16.4. The monoisotopic (exact) mass is 461 g/mol. The van der Waals surface area contributed by atoms with Gasteiger partial charge in [-0.15, -0.1) is 0 Å². The Labute approximate surface area is 199 Å². The molecular weight excluding hydrogens is 430 g/mol. The predicted octanol–water partition coefficient (Wildman–Crippen LogP) is 3.93. The van der Waals surface area contributed by atoms with E-state index in [1.807, 2.05) is 24.3 Å². The van der Waals surface area contributed by atoms with E-state index in [-0.39, 0.29) is 18.2 Å². The zero-order valence-electron chi connectivity index (χ0n) is 19.3. The summed E-state index contributed by atoms with van der Waals surface area (Å²) in [5.41, 5.74) is 10.7. The minimum Gasteiger partial charge on any atom is -0.481 e. The average Bonchev–Trinajstić information content (AvgIpc) is 3.14. The average molecular weight is 462 g/mol. The van der Waals surface area contributed by atoms with Gasteiger partial charge in [0.2, 0.25) is 5.91 Å². The third-order valence-corrected chi connectivity index (χ3v) is 6.95. The van der Waals surface area contributed by atoms with Gasteiger partial charge in [0.15, 0.2) is 0 Å². The Hall–Kier alpha value is -3.37. The molecule has 2 aliphatic carbocycles. The van der Waals surface area contributed by atoms with Gasteiger partial charge in [-0.05, 0) is 54.9 Å². The smallest absolute Gasteiger partial charge is 0.303 e. The molecule has 4 rings (SSSR count). The maximum Gasteiger partial charge on any atom is 0.303 e. The number of nitrogens with zero attached hydrogens (tertiary/aromatic N) is 2. The summed E-state index contributed by atoms with van der Waals surface area (Å²) in [6, 6.07) is 12.5. The van der Waals surface area contributed by atoms with Crippen LogP contribution >= 0.6 is 0 Å². The van der Waals surface area contributed by atoms with Crippen molar-refractivity contribution in [2.24, 2.45) is 5.73 Å². The molecule has 0 radical (unpaired) electrons. The number of primary amides is 1. The molecule has 0 spiro atoms. The van der Waals surface area contributed by atoms with Gasteiger partial charge in [-0.2, -0.15) is 5.26 Å². The van der Waals surface area contributed by atoms with Crippen LogP contribution in [0.1, 0.15) is 72.5 Å². The summed E-state index contributed by atoms with van der Waals surface area (Å²) in [5.74, 6) is -1.49. The quantitative estimate of drug-likeness (QED) is 0.520. The predicted molar refractivity (Wildman–Crippen MR) is 128 cm³/mol. The van der Waals surface area contributed by atoms with E-state index < -0.39 is 11.6 Å². The van der Waals surface area contributed by atoms with Crippen molar-refractivity contribution in [3.63, 3.8) is 0 Å². The Kier molecular flexibility index (Phi) is 7.18. The van der Waals surface area contributed by atoms with Crippen LogP contribution in [-0.2, 0) is 33.7 Å². The highest BCUT2D eigenvalue weighted by atomic mass is 16.5. The van der Waals surface area contributed by atoms with Crippen molar-refractivity contribution >= 4 is 18.0 Å². The van der Waals surface area contributed by atoms with E-state index in [1.54, 1.807) is 0 Å². The maximum absolute atomic E-state index is 12.4. The SMILES string of the molecule is N#CCCC1(OCCCC(=O)O)C=Cc2c(c3c(n2Cc2ccccc2)CCCC3C(N)=O)C1. The van der Waals surface area contributed by atoms with Crippen molar-refractivity contribution in [1.29, 1.82) is 5.26 Å². The lowest BCUT2D eigenvalue weighted by atomic mass is 9.78. The van der Waals surface area contributed by atoms with Crippen LogP contribution in [0.4, 0.5) is 0 Å². The summed E-state index contributed by atoms with van der Waals surface area (Å²) in [6.07, 6.45) is 8.44. The van der Waals surface area contributed by atoms with Crippen molar-refractivity contribution < 1.29 is 19.4 Å². The Morgan fingerprint density at radius 1 is 1.29 bits per heavy atom. The number of nitrogens with two attached hydrogens (primary N) is 1.